The molecule has 1 aliphatic carbocycles. The molecular formula is C13H27NO. The topological polar surface area (TPSA) is 35.2 Å². The van der Waals surface area contributed by atoms with Gasteiger partial charge in [0.25, 0.3) is 0 Å². The van der Waals surface area contributed by atoms with Crippen molar-refractivity contribution in [2.75, 3.05) is 0 Å². The molecule has 0 spiro atoms. The van der Waals surface area contributed by atoms with Crippen LogP contribution in [-0.2, 0) is 4.84 Å². The third kappa shape index (κ3) is 3.76. The van der Waals surface area contributed by atoms with Crippen molar-refractivity contribution < 1.29 is 4.84 Å². The van der Waals surface area contributed by atoms with Crippen molar-refractivity contribution in [3.63, 3.8) is 0 Å². The number of nitrogens with two attached hydrogens (primary N) is 1. The lowest BCUT2D eigenvalue weighted by Gasteiger charge is -2.41. The molecule has 0 saturated heterocycles. The van der Waals surface area contributed by atoms with Crippen LogP contribution in [0.5, 0.6) is 0 Å². The van der Waals surface area contributed by atoms with E-state index in [4.69, 9.17) is 10.7 Å². The minimum atomic E-state index is -0.194. The van der Waals surface area contributed by atoms with Gasteiger partial charge in [0.15, 0.2) is 0 Å². The molecular weight excluding hydrogens is 186 g/mol. The molecule has 1 rings (SSSR count). The number of hydrogen-bond donors (Lipinski definition) is 1. The van der Waals surface area contributed by atoms with Crippen molar-refractivity contribution in [1.82, 2.24) is 0 Å². The summed E-state index contributed by atoms with van der Waals surface area (Å²) in [5.41, 5.74) is 0.157. The second-order valence-electron chi connectivity index (χ2n) is 6.38. The molecule has 15 heavy (non-hydrogen) atoms. The SMILES string of the molecule is CC(C)(CC(C)(C)C1CCCCC1)ON. The Labute approximate surface area is 94.5 Å². The van der Waals surface area contributed by atoms with Crippen molar-refractivity contribution in [1.29, 1.82) is 0 Å². The fourth-order valence-electron chi connectivity index (χ4n) is 3.17. The molecule has 0 unspecified atom stereocenters. The summed E-state index contributed by atoms with van der Waals surface area (Å²) in [5.74, 6) is 6.19. The van der Waals surface area contributed by atoms with Gasteiger partial charge in [0, 0.05) is 0 Å². The Balaban J connectivity index is 2.56. The molecule has 2 N–H and O–H groups in total. The summed E-state index contributed by atoms with van der Waals surface area (Å²) >= 11 is 0. The van der Waals surface area contributed by atoms with Crippen LogP contribution in [0.4, 0.5) is 0 Å². The van der Waals surface area contributed by atoms with Gasteiger partial charge in [-0.2, -0.15) is 0 Å². The molecule has 1 saturated carbocycles. The van der Waals surface area contributed by atoms with Crippen LogP contribution in [0.25, 0.3) is 0 Å². The van der Waals surface area contributed by atoms with Gasteiger partial charge in [-0.15, -0.1) is 0 Å². The lowest BCUT2D eigenvalue weighted by atomic mass is 9.67. The first-order valence-electron chi connectivity index (χ1n) is 6.25. The highest BCUT2D eigenvalue weighted by atomic mass is 16.6. The van der Waals surface area contributed by atoms with Gasteiger partial charge in [-0.3, -0.25) is 4.84 Å². The molecule has 2 nitrogen and oxygen atoms in total. The third-order valence-corrected chi connectivity index (χ3v) is 3.91. The van der Waals surface area contributed by atoms with E-state index in [-0.39, 0.29) is 5.60 Å². The van der Waals surface area contributed by atoms with Gasteiger partial charge in [-0.1, -0.05) is 33.1 Å². The standard InChI is InChI=1S/C13H27NO/c1-12(2,10-13(3,4)15-14)11-8-6-5-7-9-11/h11H,5-10,14H2,1-4H3. The first-order valence-corrected chi connectivity index (χ1v) is 6.25. The zero-order valence-corrected chi connectivity index (χ0v) is 10.8. The maximum absolute atomic E-state index is 5.34. The Kier molecular flexibility index (Phi) is 4.19. The quantitative estimate of drug-likeness (QED) is 0.723. The van der Waals surface area contributed by atoms with Crippen LogP contribution in [0, 0.1) is 11.3 Å². The summed E-state index contributed by atoms with van der Waals surface area (Å²) in [5, 5.41) is 0. The van der Waals surface area contributed by atoms with Gasteiger partial charge in [0.05, 0.1) is 5.60 Å². The highest BCUT2D eigenvalue weighted by molar-refractivity contribution is 4.86. The Morgan fingerprint density at radius 2 is 1.60 bits per heavy atom. The van der Waals surface area contributed by atoms with E-state index in [9.17, 15) is 0 Å². The van der Waals surface area contributed by atoms with Gasteiger partial charge in [0.1, 0.15) is 0 Å². The molecule has 0 aromatic carbocycles. The molecule has 90 valence electrons. The predicted octanol–water partition coefficient (Wildman–Crippen LogP) is 3.65. The molecule has 1 fully saturated rings. The van der Waals surface area contributed by atoms with E-state index >= 15 is 0 Å². The number of hydrogen-bond acceptors (Lipinski definition) is 2. The second-order valence-corrected chi connectivity index (χ2v) is 6.38. The Morgan fingerprint density at radius 3 is 2.07 bits per heavy atom. The lowest BCUT2D eigenvalue weighted by Crippen LogP contribution is -2.38. The van der Waals surface area contributed by atoms with Crippen LogP contribution in [0.1, 0.15) is 66.2 Å². The number of rotatable bonds is 4. The van der Waals surface area contributed by atoms with Crippen molar-refractivity contribution in [2.45, 2.75) is 71.8 Å². The van der Waals surface area contributed by atoms with E-state index in [2.05, 4.69) is 27.7 Å². The predicted molar refractivity (Wildman–Crippen MR) is 64.3 cm³/mol. The summed E-state index contributed by atoms with van der Waals surface area (Å²) in [6.45, 7) is 8.89. The van der Waals surface area contributed by atoms with Gasteiger partial charge >= 0.3 is 0 Å². The molecule has 0 aromatic rings. The van der Waals surface area contributed by atoms with Crippen molar-refractivity contribution in [2.24, 2.45) is 17.2 Å². The van der Waals surface area contributed by atoms with E-state index in [1.165, 1.54) is 32.1 Å². The van der Waals surface area contributed by atoms with Crippen LogP contribution in [-0.4, -0.2) is 5.60 Å². The zero-order valence-electron chi connectivity index (χ0n) is 10.8. The first-order chi connectivity index (χ1) is 6.87. The Morgan fingerprint density at radius 1 is 1.07 bits per heavy atom. The summed E-state index contributed by atoms with van der Waals surface area (Å²) in [7, 11) is 0. The summed E-state index contributed by atoms with van der Waals surface area (Å²) in [4.78, 5) is 5.06. The first kappa shape index (κ1) is 13.0. The molecule has 1 aliphatic rings. The maximum atomic E-state index is 5.34. The lowest BCUT2D eigenvalue weighted by molar-refractivity contribution is -0.0613. The molecule has 0 radical (unpaired) electrons. The average molecular weight is 213 g/mol. The van der Waals surface area contributed by atoms with Crippen LogP contribution in [0.2, 0.25) is 0 Å². The van der Waals surface area contributed by atoms with Gasteiger partial charge in [-0.25, -0.2) is 5.90 Å². The van der Waals surface area contributed by atoms with Crippen LogP contribution in [0.15, 0.2) is 0 Å². The molecule has 0 aliphatic heterocycles. The van der Waals surface area contributed by atoms with E-state index < -0.39 is 0 Å². The van der Waals surface area contributed by atoms with Crippen molar-refractivity contribution in [3.05, 3.63) is 0 Å². The Hall–Kier alpha value is -0.0800. The maximum Gasteiger partial charge on any atom is 0.0843 e. The summed E-state index contributed by atoms with van der Waals surface area (Å²) in [6.07, 6.45) is 8.03. The van der Waals surface area contributed by atoms with E-state index in [1.807, 2.05) is 0 Å². The highest BCUT2D eigenvalue weighted by Crippen LogP contribution is 2.43. The molecule has 0 atom stereocenters. The minimum Gasteiger partial charge on any atom is -0.299 e. The molecule has 0 amide bonds. The van der Waals surface area contributed by atoms with E-state index in [1.54, 1.807) is 0 Å². The molecule has 0 heterocycles. The largest absolute Gasteiger partial charge is 0.299 e. The molecule has 2 heteroatoms. The summed E-state index contributed by atoms with van der Waals surface area (Å²) < 4.78 is 0. The van der Waals surface area contributed by atoms with Crippen molar-refractivity contribution >= 4 is 0 Å². The summed E-state index contributed by atoms with van der Waals surface area (Å²) in [6, 6.07) is 0. The van der Waals surface area contributed by atoms with Gasteiger partial charge < -0.3 is 0 Å². The van der Waals surface area contributed by atoms with Gasteiger partial charge in [0.2, 0.25) is 0 Å². The molecule has 0 aromatic heterocycles. The van der Waals surface area contributed by atoms with Crippen LogP contribution >= 0.6 is 0 Å². The van der Waals surface area contributed by atoms with E-state index in [0.29, 0.717) is 5.41 Å². The third-order valence-electron chi connectivity index (χ3n) is 3.91. The van der Waals surface area contributed by atoms with Crippen LogP contribution < -0.4 is 5.90 Å². The smallest absolute Gasteiger partial charge is 0.0843 e. The van der Waals surface area contributed by atoms with Crippen molar-refractivity contribution in [3.8, 4) is 0 Å². The fraction of sp³-hybridized carbons (Fsp3) is 1.00. The second kappa shape index (κ2) is 4.84. The highest BCUT2D eigenvalue weighted by Gasteiger charge is 2.36. The average Bonchev–Trinajstić information content (AvgIpc) is 2.18. The van der Waals surface area contributed by atoms with Crippen LogP contribution in [0.3, 0.4) is 0 Å². The Bertz CT molecular complexity index is 193. The minimum absolute atomic E-state index is 0.194. The normalized spacial score (nSPS) is 20.6. The monoisotopic (exact) mass is 213 g/mol. The molecule has 0 bridgehead atoms. The van der Waals surface area contributed by atoms with Gasteiger partial charge in [-0.05, 0) is 44.4 Å². The fourth-order valence-corrected chi connectivity index (χ4v) is 3.17. The zero-order chi connectivity index (χ0) is 11.5. The van der Waals surface area contributed by atoms with E-state index in [0.717, 1.165) is 12.3 Å².